The van der Waals surface area contributed by atoms with Crippen molar-refractivity contribution in [3.63, 3.8) is 0 Å². The second kappa shape index (κ2) is 6.15. The van der Waals surface area contributed by atoms with Crippen molar-refractivity contribution in [2.24, 2.45) is 0 Å². The first-order valence-electron chi connectivity index (χ1n) is 6.82. The van der Waals surface area contributed by atoms with Crippen molar-refractivity contribution in [3.05, 3.63) is 11.4 Å². The average molecular weight is 286 g/mol. The highest BCUT2D eigenvalue weighted by molar-refractivity contribution is 5.13. The Morgan fingerprint density at radius 3 is 2.45 bits per heavy atom. The Morgan fingerprint density at radius 2 is 1.95 bits per heavy atom. The highest BCUT2D eigenvalue weighted by Gasteiger charge is 2.41. The fraction of sp³-hybridized carbons (Fsp3) is 0.833. The highest BCUT2D eigenvalue weighted by Crippen LogP contribution is 2.20. The molecule has 8 heteroatoms. The molecule has 0 bridgehead atoms. The molecule has 1 aromatic heterocycles. The predicted octanol–water partition coefficient (Wildman–Crippen LogP) is -2.05. The summed E-state index contributed by atoms with van der Waals surface area (Å²) in [6.07, 6.45) is -2.07. The number of hydrogen-bond acceptors (Lipinski definition) is 7. The molecule has 0 saturated carbocycles. The van der Waals surface area contributed by atoms with E-state index in [4.69, 9.17) is 5.11 Å². The van der Waals surface area contributed by atoms with Crippen LogP contribution in [0.15, 0.2) is 0 Å². The zero-order chi connectivity index (χ0) is 14.9. The summed E-state index contributed by atoms with van der Waals surface area (Å²) in [6.45, 7) is 3.57. The molecule has 114 valence electrons. The summed E-state index contributed by atoms with van der Waals surface area (Å²) < 4.78 is 1.54. The fourth-order valence-electron chi connectivity index (χ4n) is 2.66. The van der Waals surface area contributed by atoms with Crippen LogP contribution in [0.2, 0.25) is 0 Å². The van der Waals surface area contributed by atoms with Crippen LogP contribution < -0.4 is 5.32 Å². The van der Waals surface area contributed by atoms with E-state index in [0.717, 1.165) is 0 Å². The van der Waals surface area contributed by atoms with Crippen LogP contribution in [0.5, 0.6) is 0 Å². The van der Waals surface area contributed by atoms with Gasteiger partial charge in [-0.2, -0.15) is 0 Å². The molecule has 1 fully saturated rings. The van der Waals surface area contributed by atoms with Crippen molar-refractivity contribution in [1.82, 2.24) is 20.3 Å². The van der Waals surface area contributed by atoms with Crippen LogP contribution in [0.1, 0.15) is 31.3 Å². The van der Waals surface area contributed by atoms with E-state index < -0.39 is 30.4 Å². The van der Waals surface area contributed by atoms with Gasteiger partial charge >= 0.3 is 0 Å². The molecule has 1 unspecified atom stereocenters. The normalized spacial score (nSPS) is 31.7. The predicted molar refractivity (Wildman–Crippen MR) is 69.8 cm³/mol. The molecule has 0 radical (unpaired) electrons. The van der Waals surface area contributed by atoms with E-state index in [1.54, 1.807) is 6.92 Å². The molecule has 0 aromatic carbocycles. The van der Waals surface area contributed by atoms with Gasteiger partial charge < -0.3 is 25.7 Å². The van der Waals surface area contributed by atoms with Crippen molar-refractivity contribution in [3.8, 4) is 0 Å². The number of nitrogens with zero attached hydrogens (tertiary/aromatic N) is 3. The van der Waals surface area contributed by atoms with Gasteiger partial charge in [0.05, 0.1) is 54.9 Å². The SMILES string of the molecule is CCc1nnn(C[C@H]2N[C@H](CO)[C@@H](O)[C@@H]2O)c1C(C)O. The topological polar surface area (TPSA) is 124 Å². The summed E-state index contributed by atoms with van der Waals surface area (Å²) in [5, 5.41) is 49.6. The van der Waals surface area contributed by atoms with Gasteiger partial charge in [0, 0.05) is 0 Å². The first-order valence-corrected chi connectivity index (χ1v) is 6.82. The van der Waals surface area contributed by atoms with Gasteiger partial charge in [0.2, 0.25) is 0 Å². The van der Waals surface area contributed by atoms with E-state index in [9.17, 15) is 15.3 Å². The van der Waals surface area contributed by atoms with Gasteiger partial charge in [-0.3, -0.25) is 0 Å². The third-order valence-electron chi connectivity index (χ3n) is 3.75. The Balaban J connectivity index is 2.17. The van der Waals surface area contributed by atoms with Crippen LogP contribution in [-0.4, -0.2) is 66.3 Å². The van der Waals surface area contributed by atoms with Gasteiger partial charge in [-0.15, -0.1) is 5.10 Å². The van der Waals surface area contributed by atoms with Crippen molar-refractivity contribution in [2.45, 2.75) is 57.2 Å². The van der Waals surface area contributed by atoms with Crippen molar-refractivity contribution in [2.75, 3.05) is 6.61 Å². The largest absolute Gasteiger partial charge is 0.395 e. The van der Waals surface area contributed by atoms with Gasteiger partial charge in [-0.25, -0.2) is 4.68 Å². The second-order valence-corrected chi connectivity index (χ2v) is 5.18. The second-order valence-electron chi connectivity index (χ2n) is 5.18. The number of hydrogen-bond donors (Lipinski definition) is 5. The minimum atomic E-state index is -1.02. The van der Waals surface area contributed by atoms with Crippen LogP contribution in [0, 0.1) is 0 Å². The van der Waals surface area contributed by atoms with Crippen LogP contribution >= 0.6 is 0 Å². The minimum Gasteiger partial charge on any atom is -0.395 e. The summed E-state index contributed by atoms with van der Waals surface area (Å²) in [5.41, 5.74) is 1.33. The van der Waals surface area contributed by atoms with Gasteiger partial charge in [0.25, 0.3) is 0 Å². The lowest BCUT2D eigenvalue weighted by Gasteiger charge is -2.18. The van der Waals surface area contributed by atoms with Crippen LogP contribution in [0.25, 0.3) is 0 Å². The van der Waals surface area contributed by atoms with E-state index in [1.807, 2.05) is 6.92 Å². The standard InChI is InChI=1S/C12H22N4O4/c1-3-7-10(6(2)18)16(15-14-7)4-8-11(19)12(20)9(5-17)13-8/h6,8-9,11-13,17-20H,3-5H2,1-2H3/t6?,8-,9-,11-,12-/m1/s1. The van der Waals surface area contributed by atoms with Crippen molar-refractivity contribution < 1.29 is 20.4 Å². The lowest BCUT2D eigenvalue weighted by molar-refractivity contribution is 0.0172. The molecule has 1 saturated heterocycles. The molecular weight excluding hydrogens is 264 g/mol. The van der Waals surface area contributed by atoms with E-state index in [-0.39, 0.29) is 13.2 Å². The number of rotatable bonds is 5. The number of aromatic nitrogens is 3. The number of nitrogens with one attached hydrogen (secondary N) is 1. The van der Waals surface area contributed by atoms with Crippen LogP contribution in [0.3, 0.4) is 0 Å². The summed E-state index contributed by atoms with van der Waals surface area (Å²) in [7, 11) is 0. The molecule has 20 heavy (non-hydrogen) atoms. The molecule has 0 spiro atoms. The molecule has 5 atom stereocenters. The zero-order valence-electron chi connectivity index (χ0n) is 11.6. The monoisotopic (exact) mass is 286 g/mol. The molecule has 0 aliphatic carbocycles. The van der Waals surface area contributed by atoms with Crippen LogP contribution in [-0.2, 0) is 13.0 Å². The summed E-state index contributed by atoms with van der Waals surface area (Å²) in [5.74, 6) is 0. The third kappa shape index (κ3) is 2.70. The molecule has 1 aliphatic rings. The van der Waals surface area contributed by atoms with Gasteiger partial charge in [-0.05, 0) is 13.3 Å². The molecule has 2 heterocycles. The maximum Gasteiger partial charge on any atom is 0.0990 e. The van der Waals surface area contributed by atoms with Gasteiger partial charge in [0.1, 0.15) is 0 Å². The van der Waals surface area contributed by atoms with Gasteiger partial charge in [-0.1, -0.05) is 12.1 Å². The quantitative estimate of drug-likeness (QED) is 0.422. The third-order valence-corrected chi connectivity index (χ3v) is 3.75. The van der Waals surface area contributed by atoms with Crippen molar-refractivity contribution in [1.29, 1.82) is 0 Å². The fourth-order valence-corrected chi connectivity index (χ4v) is 2.66. The summed E-state index contributed by atoms with van der Waals surface area (Å²) >= 11 is 0. The van der Waals surface area contributed by atoms with Gasteiger partial charge in [0.15, 0.2) is 0 Å². The maximum absolute atomic E-state index is 9.97. The Morgan fingerprint density at radius 1 is 1.30 bits per heavy atom. The van der Waals surface area contributed by atoms with Crippen molar-refractivity contribution >= 4 is 0 Å². The first kappa shape index (κ1) is 15.3. The minimum absolute atomic E-state index is 0.254. The Bertz CT molecular complexity index is 451. The molecule has 2 rings (SSSR count). The molecule has 8 nitrogen and oxygen atoms in total. The summed E-state index contributed by atoms with van der Waals surface area (Å²) in [6, 6.07) is -1.01. The molecule has 0 amide bonds. The highest BCUT2D eigenvalue weighted by atomic mass is 16.3. The summed E-state index contributed by atoms with van der Waals surface area (Å²) in [4.78, 5) is 0. The van der Waals surface area contributed by atoms with E-state index in [0.29, 0.717) is 17.8 Å². The Labute approximate surface area is 117 Å². The number of aliphatic hydroxyl groups excluding tert-OH is 4. The first-order chi connectivity index (χ1) is 9.49. The van der Waals surface area contributed by atoms with E-state index in [2.05, 4.69) is 15.6 Å². The lowest BCUT2D eigenvalue weighted by Crippen LogP contribution is -2.38. The average Bonchev–Trinajstić information content (AvgIpc) is 2.95. The Kier molecular flexibility index (Phi) is 4.71. The lowest BCUT2D eigenvalue weighted by atomic mass is 10.1. The number of aliphatic hydroxyl groups is 4. The maximum atomic E-state index is 9.97. The molecular formula is C12H22N4O4. The Hall–Kier alpha value is -1.06. The number of aryl methyl sites for hydroxylation is 1. The zero-order valence-corrected chi connectivity index (χ0v) is 11.6. The van der Waals surface area contributed by atoms with E-state index >= 15 is 0 Å². The molecule has 1 aliphatic heterocycles. The molecule has 5 N–H and O–H groups in total. The van der Waals surface area contributed by atoms with Crippen LogP contribution in [0.4, 0.5) is 0 Å². The van der Waals surface area contributed by atoms with E-state index in [1.165, 1.54) is 4.68 Å². The molecule has 1 aromatic rings. The smallest absolute Gasteiger partial charge is 0.0990 e.